The number of urea groups is 1. The van der Waals surface area contributed by atoms with Crippen molar-refractivity contribution in [2.75, 3.05) is 22.9 Å². The van der Waals surface area contributed by atoms with Crippen molar-refractivity contribution in [3.63, 3.8) is 0 Å². The van der Waals surface area contributed by atoms with Gasteiger partial charge < -0.3 is 10.6 Å². The third-order valence-corrected chi connectivity index (χ3v) is 4.32. The van der Waals surface area contributed by atoms with Crippen molar-refractivity contribution in [2.45, 2.75) is 13.8 Å². The summed E-state index contributed by atoms with van der Waals surface area (Å²) in [5.74, 6) is -0.0860. The van der Waals surface area contributed by atoms with E-state index in [1.54, 1.807) is 11.0 Å². The van der Waals surface area contributed by atoms with Crippen LogP contribution in [0, 0.1) is 6.92 Å². The standard InChI is InChI=1S/C18H20BrN3O2/c1-13-6-5-7-15(12-13)21(14(2)23)10-11-22(18(20)24)17-9-4-3-8-16(17)19/h3-9,12H,10-11H2,1-2H3,(H2,20,24). The van der Waals surface area contributed by atoms with Gasteiger partial charge in [0, 0.05) is 30.2 Å². The van der Waals surface area contributed by atoms with E-state index in [1.807, 2.05) is 49.4 Å². The van der Waals surface area contributed by atoms with E-state index in [0.717, 1.165) is 15.7 Å². The Labute approximate surface area is 150 Å². The van der Waals surface area contributed by atoms with Gasteiger partial charge in [-0.3, -0.25) is 9.69 Å². The Morgan fingerprint density at radius 3 is 2.29 bits per heavy atom. The Balaban J connectivity index is 2.22. The van der Waals surface area contributed by atoms with Crippen LogP contribution >= 0.6 is 15.9 Å². The number of para-hydroxylation sites is 1. The van der Waals surface area contributed by atoms with E-state index in [1.165, 1.54) is 11.8 Å². The maximum absolute atomic E-state index is 12.0. The van der Waals surface area contributed by atoms with E-state index in [4.69, 9.17) is 5.73 Å². The summed E-state index contributed by atoms with van der Waals surface area (Å²) in [5.41, 5.74) is 8.07. The van der Waals surface area contributed by atoms with Crippen LogP contribution in [0.25, 0.3) is 0 Å². The molecule has 2 N–H and O–H groups in total. The van der Waals surface area contributed by atoms with E-state index in [2.05, 4.69) is 15.9 Å². The molecule has 0 heterocycles. The summed E-state index contributed by atoms with van der Waals surface area (Å²) in [4.78, 5) is 27.0. The Bertz CT molecular complexity index is 749. The molecule has 0 radical (unpaired) electrons. The minimum atomic E-state index is -0.561. The number of benzene rings is 2. The molecule has 0 atom stereocenters. The molecule has 6 heteroatoms. The van der Waals surface area contributed by atoms with Crippen LogP contribution in [0.4, 0.5) is 16.2 Å². The van der Waals surface area contributed by atoms with Crippen LogP contribution in [-0.4, -0.2) is 25.0 Å². The zero-order chi connectivity index (χ0) is 17.7. The van der Waals surface area contributed by atoms with Gasteiger partial charge in [-0.25, -0.2) is 4.79 Å². The van der Waals surface area contributed by atoms with E-state index in [9.17, 15) is 9.59 Å². The molecule has 2 aromatic carbocycles. The number of hydrogen-bond donors (Lipinski definition) is 1. The summed E-state index contributed by atoms with van der Waals surface area (Å²) in [7, 11) is 0. The number of hydrogen-bond acceptors (Lipinski definition) is 2. The number of primary amides is 1. The van der Waals surface area contributed by atoms with Crippen molar-refractivity contribution < 1.29 is 9.59 Å². The molecule has 0 fully saturated rings. The first-order chi connectivity index (χ1) is 11.4. The number of halogens is 1. The van der Waals surface area contributed by atoms with E-state index in [-0.39, 0.29) is 5.91 Å². The number of carbonyl (C=O) groups excluding carboxylic acids is 2. The number of rotatable bonds is 5. The van der Waals surface area contributed by atoms with Crippen molar-refractivity contribution in [1.29, 1.82) is 0 Å². The molecule has 0 spiro atoms. The lowest BCUT2D eigenvalue weighted by Gasteiger charge is -2.27. The van der Waals surface area contributed by atoms with Gasteiger partial charge in [0.15, 0.2) is 0 Å². The predicted octanol–water partition coefficient (Wildman–Crippen LogP) is 3.70. The third kappa shape index (κ3) is 4.35. The highest BCUT2D eigenvalue weighted by Gasteiger charge is 2.18. The van der Waals surface area contributed by atoms with Crippen LogP contribution in [0.5, 0.6) is 0 Å². The fraction of sp³-hybridized carbons (Fsp3) is 0.222. The average molecular weight is 390 g/mol. The minimum absolute atomic E-state index is 0.0860. The molecule has 3 amide bonds. The van der Waals surface area contributed by atoms with Crippen molar-refractivity contribution in [3.05, 3.63) is 58.6 Å². The zero-order valence-electron chi connectivity index (χ0n) is 13.7. The van der Waals surface area contributed by atoms with Crippen LogP contribution in [0.3, 0.4) is 0 Å². The monoisotopic (exact) mass is 389 g/mol. The summed E-state index contributed by atoms with van der Waals surface area (Å²) in [5, 5.41) is 0. The van der Waals surface area contributed by atoms with Crippen molar-refractivity contribution in [1.82, 2.24) is 0 Å². The number of carbonyl (C=O) groups is 2. The molecule has 0 unspecified atom stereocenters. The van der Waals surface area contributed by atoms with Gasteiger partial charge >= 0.3 is 6.03 Å². The maximum Gasteiger partial charge on any atom is 0.319 e. The molecule has 0 aliphatic heterocycles. The van der Waals surface area contributed by atoms with Crippen molar-refractivity contribution >= 4 is 39.2 Å². The number of nitrogens with two attached hydrogens (primary N) is 1. The molecule has 2 rings (SSSR count). The van der Waals surface area contributed by atoms with Crippen molar-refractivity contribution in [3.8, 4) is 0 Å². The van der Waals surface area contributed by atoms with E-state index < -0.39 is 6.03 Å². The highest BCUT2D eigenvalue weighted by Crippen LogP contribution is 2.26. The predicted molar refractivity (Wildman–Crippen MR) is 100 cm³/mol. The minimum Gasteiger partial charge on any atom is -0.351 e. The molecule has 5 nitrogen and oxygen atoms in total. The second-order valence-electron chi connectivity index (χ2n) is 5.45. The van der Waals surface area contributed by atoms with Gasteiger partial charge in [0.2, 0.25) is 5.91 Å². The molecule has 126 valence electrons. The fourth-order valence-corrected chi connectivity index (χ4v) is 2.98. The molecule has 0 saturated heterocycles. The molecule has 0 aliphatic rings. The molecule has 0 aliphatic carbocycles. The quantitative estimate of drug-likeness (QED) is 0.846. The molecule has 24 heavy (non-hydrogen) atoms. The van der Waals surface area contributed by atoms with Crippen LogP contribution in [0.2, 0.25) is 0 Å². The molecule has 0 saturated carbocycles. The highest BCUT2D eigenvalue weighted by atomic mass is 79.9. The second-order valence-corrected chi connectivity index (χ2v) is 6.31. The number of aryl methyl sites for hydroxylation is 1. The smallest absolute Gasteiger partial charge is 0.319 e. The van der Waals surface area contributed by atoms with Crippen LogP contribution in [-0.2, 0) is 4.79 Å². The lowest BCUT2D eigenvalue weighted by molar-refractivity contribution is -0.116. The normalized spacial score (nSPS) is 10.3. The number of nitrogens with zero attached hydrogens (tertiary/aromatic N) is 2. The highest BCUT2D eigenvalue weighted by molar-refractivity contribution is 9.10. The molecule has 2 aromatic rings. The van der Waals surface area contributed by atoms with E-state index in [0.29, 0.717) is 18.8 Å². The maximum atomic E-state index is 12.0. The Morgan fingerprint density at radius 1 is 1.04 bits per heavy atom. The number of anilines is 2. The van der Waals surface area contributed by atoms with Gasteiger partial charge in [-0.1, -0.05) is 24.3 Å². The van der Waals surface area contributed by atoms with E-state index >= 15 is 0 Å². The first-order valence-electron chi connectivity index (χ1n) is 7.56. The molecular weight excluding hydrogens is 370 g/mol. The van der Waals surface area contributed by atoms with Gasteiger partial charge in [0.1, 0.15) is 0 Å². The Kier molecular flexibility index (Phi) is 5.98. The zero-order valence-corrected chi connectivity index (χ0v) is 15.3. The van der Waals surface area contributed by atoms with Crippen LogP contribution < -0.4 is 15.5 Å². The van der Waals surface area contributed by atoms with Gasteiger partial charge in [-0.15, -0.1) is 0 Å². The summed E-state index contributed by atoms with van der Waals surface area (Å²) >= 11 is 3.43. The number of amides is 3. The fourth-order valence-electron chi connectivity index (χ4n) is 2.48. The lowest BCUT2D eigenvalue weighted by atomic mass is 10.2. The van der Waals surface area contributed by atoms with Crippen LogP contribution in [0.15, 0.2) is 53.0 Å². The second kappa shape index (κ2) is 7.97. The summed E-state index contributed by atoms with van der Waals surface area (Å²) in [6.45, 7) is 4.13. The first-order valence-corrected chi connectivity index (χ1v) is 8.35. The SMILES string of the molecule is CC(=O)N(CCN(C(N)=O)c1ccccc1Br)c1cccc(C)c1. The summed E-state index contributed by atoms with van der Waals surface area (Å²) in [6.07, 6.45) is 0. The molecule has 0 bridgehead atoms. The molecule has 0 aromatic heterocycles. The first kappa shape index (κ1) is 18.0. The van der Waals surface area contributed by atoms with Gasteiger partial charge in [-0.2, -0.15) is 0 Å². The Morgan fingerprint density at radius 2 is 1.71 bits per heavy atom. The van der Waals surface area contributed by atoms with Crippen LogP contribution in [0.1, 0.15) is 12.5 Å². The van der Waals surface area contributed by atoms with Gasteiger partial charge in [-0.05, 0) is 52.7 Å². The summed E-state index contributed by atoms with van der Waals surface area (Å²) in [6, 6.07) is 14.5. The summed E-state index contributed by atoms with van der Waals surface area (Å²) < 4.78 is 0.772. The molecular formula is C18H20BrN3O2. The third-order valence-electron chi connectivity index (χ3n) is 3.65. The largest absolute Gasteiger partial charge is 0.351 e. The Hall–Kier alpha value is -2.34. The lowest BCUT2D eigenvalue weighted by Crippen LogP contribution is -2.43. The average Bonchev–Trinajstić information content (AvgIpc) is 2.52. The van der Waals surface area contributed by atoms with Gasteiger partial charge in [0.25, 0.3) is 0 Å². The van der Waals surface area contributed by atoms with Crippen molar-refractivity contribution in [2.24, 2.45) is 5.73 Å². The topological polar surface area (TPSA) is 66.6 Å². The van der Waals surface area contributed by atoms with Gasteiger partial charge in [0.05, 0.1) is 5.69 Å².